The number of halogens is 1. The highest BCUT2D eigenvalue weighted by atomic mass is 35.5. The van der Waals surface area contributed by atoms with Gasteiger partial charge in [0.05, 0.1) is 39.5 Å². The van der Waals surface area contributed by atoms with Crippen LogP contribution in [0.4, 0.5) is 11.6 Å². The monoisotopic (exact) mass is 526 g/mol. The van der Waals surface area contributed by atoms with Crippen LogP contribution in [-0.2, 0) is 16.4 Å². The van der Waals surface area contributed by atoms with Gasteiger partial charge < -0.3 is 24.1 Å². The summed E-state index contributed by atoms with van der Waals surface area (Å²) < 4.78 is 49.0. The zero-order chi connectivity index (χ0) is 25.0. The van der Waals surface area contributed by atoms with E-state index in [0.29, 0.717) is 17.0 Å². The van der Waals surface area contributed by atoms with Crippen molar-refractivity contribution in [3.05, 3.63) is 38.7 Å². The van der Waals surface area contributed by atoms with Gasteiger partial charge in [-0.25, -0.2) is 13.1 Å². The largest absolute Gasteiger partial charge is 0.493 e. The Morgan fingerprint density at radius 2 is 1.97 bits per heavy atom. The quantitative estimate of drug-likeness (QED) is 0.423. The number of nitrogens with zero attached hydrogens (tertiary/aromatic N) is 2. The zero-order valence-corrected chi connectivity index (χ0v) is 20.8. The van der Waals surface area contributed by atoms with E-state index in [2.05, 4.69) is 15.2 Å². The van der Waals surface area contributed by atoms with Crippen molar-refractivity contribution in [2.75, 3.05) is 31.4 Å². The van der Waals surface area contributed by atoms with Crippen molar-refractivity contribution >= 4 is 50.4 Å². The van der Waals surface area contributed by atoms with Crippen LogP contribution in [-0.4, -0.2) is 40.8 Å². The summed E-state index contributed by atoms with van der Waals surface area (Å²) in [5.74, 6) is -0.415. The van der Waals surface area contributed by atoms with Gasteiger partial charge in [0, 0.05) is 0 Å². The van der Waals surface area contributed by atoms with Gasteiger partial charge in [0.25, 0.3) is 21.8 Å². The minimum absolute atomic E-state index is 0.000940. The van der Waals surface area contributed by atoms with Crippen LogP contribution < -0.4 is 24.2 Å². The average Bonchev–Trinajstić information content (AvgIpc) is 3.43. The number of thiophene rings is 1. The summed E-state index contributed by atoms with van der Waals surface area (Å²) in [7, 11) is -0.0840. The van der Waals surface area contributed by atoms with Crippen molar-refractivity contribution in [3.8, 4) is 23.3 Å². The van der Waals surface area contributed by atoms with Gasteiger partial charge in [-0.15, -0.1) is 11.3 Å². The van der Waals surface area contributed by atoms with Crippen molar-refractivity contribution in [3.63, 3.8) is 0 Å². The summed E-state index contributed by atoms with van der Waals surface area (Å²) in [4.78, 5) is 12.7. The molecule has 0 saturated carbocycles. The number of benzene rings is 1. The van der Waals surface area contributed by atoms with E-state index < -0.39 is 15.9 Å². The lowest BCUT2D eigenvalue weighted by molar-refractivity contribution is 0.102. The van der Waals surface area contributed by atoms with Crippen molar-refractivity contribution in [2.45, 2.75) is 18.2 Å². The lowest BCUT2D eigenvalue weighted by Gasteiger charge is -2.19. The number of carbonyl (C=O) groups is 1. The third kappa shape index (κ3) is 4.74. The summed E-state index contributed by atoms with van der Waals surface area (Å²) >= 11 is 6.90. The Bertz CT molecular complexity index is 1380. The molecule has 0 spiro atoms. The fraction of sp³-hybridized carbons (Fsp3) is 0.250. The van der Waals surface area contributed by atoms with Crippen LogP contribution in [0.1, 0.15) is 20.9 Å². The molecule has 1 aromatic carbocycles. The third-order valence-electron chi connectivity index (χ3n) is 4.56. The number of hydrogen-bond donors (Lipinski definition) is 2. The number of hydrogen-bond acceptors (Lipinski definition) is 10. The third-order valence-corrected chi connectivity index (χ3v) is 7.42. The molecule has 180 valence electrons. The maximum atomic E-state index is 13.2. The van der Waals surface area contributed by atoms with Gasteiger partial charge in [0.15, 0.2) is 11.5 Å². The van der Waals surface area contributed by atoms with Gasteiger partial charge in [0.2, 0.25) is 5.75 Å². The minimum Gasteiger partial charge on any atom is -0.493 e. The SMILES string of the molecule is COc1cc(CC#N)c(NC(=O)c2sccc2S(=O)(=O)Nc2onc(C)c2Cl)c(OC)c1OC. The van der Waals surface area contributed by atoms with E-state index in [1.165, 1.54) is 38.8 Å². The normalized spacial score (nSPS) is 10.9. The van der Waals surface area contributed by atoms with E-state index >= 15 is 0 Å². The van der Waals surface area contributed by atoms with Crippen molar-refractivity contribution in [1.29, 1.82) is 5.26 Å². The standard InChI is InChI=1S/C20H19ClN4O7S2/c1-10-14(21)20(32-24-10)25-34(27,28)13-6-8-33-18(13)19(26)23-15-11(5-7-22)9-12(29-2)16(30-3)17(15)31-4/h6,8-9,25H,5H2,1-4H3,(H,23,26). The molecule has 14 heteroatoms. The highest BCUT2D eigenvalue weighted by molar-refractivity contribution is 7.93. The molecule has 0 saturated heterocycles. The van der Waals surface area contributed by atoms with E-state index in [1.807, 2.05) is 6.07 Å². The second-order valence-corrected chi connectivity index (χ2v) is 9.54. The Labute approximate surface area is 204 Å². The lowest BCUT2D eigenvalue weighted by atomic mass is 10.1. The molecule has 0 aliphatic heterocycles. The first-order chi connectivity index (χ1) is 16.2. The lowest BCUT2D eigenvalue weighted by Crippen LogP contribution is -2.19. The number of sulfonamides is 1. The topological polar surface area (TPSA) is 153 Å². The van der Waals surface area contributed by atoms with E-state index in [-0.39, 0.29) is 44.3 Å². The molecule has 0 bridgehead atoms. The summed E-state index contributed by atoms with van der Waals surface area (Å²) in [6.45, 7) is 1.54. The first-order valence-electron chi connectivity index (χ1n) is 9.40. The Morgan fingerprint density at radius 1 is 1.26 bits per heavy atom. The molecule has 0 unspecified atom stereocenters. The number of rotatable bonds is 9. The molecule has 0 atom stereocenters. The maximum Gasteiger partial charge on any atom is 0.267 e. The van der Waals surface area contributed by atoms with Crippen molar-refractivity contribution in [1.82, 2.24) is 5.16 Å². The first-order valence-corrected chi connectivity index (χ1v) is 12.1. The van der Waals surface area contributed by atoms with Gasteiger partial charge in [-0.1, -0.05) is 16.8 Å². The van der Waals surface area contributed by atoms with Gasteiger partial charge >= 0.3 is 0 Å². The smallest absolute Gasteiger partial charge is 0.267 e. The number of aromatic nitrogens is 1. The molecule has 0 aliphatic carbocycles. The fourth-order valence-corrected chi connectivity index (χ4v) is 5.50. The molecule has 2 N–H and O–H groups in total. The summed E-state index contributed by atoms with van der Waals surface area (Å²) in [5, 5.41) is 16.9. The number of ether oxygens (including phenoxy) is 3. The van der Waals surface area contributed by atoms with Crippen LogP contribution in [0.5, 0.6) is 17.2 Å². The molecule has 3 rings (SSSR count). The number of amides is 1. The molecule has 2 heterocycles. The van der Waals surface area contributed by atoms with Gasteiger partial charge in [-0.3, -0.25) is 4.79 Å². The minimum atomic E-state index is -4.25. The van der Waals surface area contributed by atoms with Crippen molar-refractivity contribution < 1.29 is 31.9 Å². The van der Waals surface area contributed by atoms with Gasteiger partial charge in [0.1, 0.15) is 20.5 Å². The molecule has 34 heavy (non-hydrogen) atoms. The average molecular weight is 527 g/mol. The van der Waals surface area contributed by atoms with E-state index in [0.717, 1.165) is 11.3 Å². The van der Waals surface area contributed by atoms with Crippen molar-refractivity contribution in [2.24, 2.45) is 0 Å². The second-order valence-electron chi connectivity index (χ2n) is 6.60. The van der Waals surface area contributed by atoms with Gasteiger partial charge in [-0.05, 0) is 30.0 Å². The van der Waals surface area contributed by atoms with Crippen LogP contribution >= 0.6 is 22.9 Å². The van der Waals surface area contributed by atoms with Crippen LogP contribution in [0.15, 0.2) is 26.9 Å². The van der Waals surface area contributed by atoms with Crippen LogP contribution in [0.25, 0.3) is 0 Å². The number of nitriles is 1. The zero-order valence-electron chi connectivity index (χ0n) is 18.4. The molecular formula is C20H19ClN4O7S2. The maximum absolute atomic E-state index is 13.2. The molecule has 1 amide bonds. The molecule has 2 aromatic heterocycles. The van der Waals surface area contributed by atoms with Crippen LogP contribution in [0, 0.1) is 18.3 Å². The Morgan fingerprint density at radius 3 is 2.53 bits per heavy atom. The second kappa shape index (κ2) is 10.2. The number of methoxy groups -OCH3 is 3. The Balaban J connectivity index is 2.02. The summed E-state index contributed by atoms with van der Waals surface area (Å²) in [6, 6.07) is 4.80. The summed E-state index contributed by atoms with van der Waals surface area (Å²) in [6.07, 6.45) is -0.0905. The molecule has 0 fully saturated rings. The predicted octanol–water partition coefficient (Wildman–Crippen LogP) is 3.84. The molecule has 0 aliphatic rings. The van der Waals surface area contributed by atoms with Crippen LogP contribution in [0.3, 0.4) is 0 Å². The molecule has 3 aromatic rings. The van der Waals surface area contributed by atoms with Crippen LogP contribution in [0.2, 0.25) is 5.02 Å². The molecule has 11 nitrogen and oxygen atoms in total. The molecule has 0 radical (unpaired) electrons. The Kier molecular flexibility index (Phi) is 7.55. The first kappa shape index (κ1) is 25.2. The van der Waals surface area contributed by atoms with Gasteiger partial charge in [-0.2, -0.15) is 5.26 Å². The predicted molar refractivity (Wildman–Crippen MR) is 125 cm³/mol. The molecular weight excluding hydrogens is 508 g/mol. The fourth-order valence-electron chi connectivity index (χ4n) is 3.01. The highest BCUT2D eigenvalue weighted by Crippen LogP contribution is 2.45. The summed E-state index contributed by atoms with van der Waals surface area (Å²) in [5.41, 5.74) is 0.826. The number of aryl methyl sites for hydroxylation is 1. The number of carbonyl (C=O) groups excluding carboxylic acids is 1. The number of anilines is 2. The number of nitrogens with one attached hydrogen (secondary N) is 2. The highest BCUT2D eigenvalue weighted by Gasteiger charge is 2.29. The van der Waals surface area contributed by atoms with E-state index in [9.17, 15) is 18.5 Å². The Hall–Kier alpha value is -3.47. The van der Waals surface area contributed by atoms with E-state index in [1.54, 1.807) is 6.92 Å². The van der Waals surface area contributed by atoms with E-state index in [4.69, 9.17) is 30.3 Å².